The van der Waals surface area contributed by atoms with E-state index in [0.717, 1.165) is 12.3 Å². The van der Waals surface area contributed by atoms with Gasteiger partial charge in [-0.05, 0) is 24.2 Å². The molecule has 1 N–H and O–H groups in total. The highest BCUT2D eigenvalue weighted by atomic mass is 32.2. The van der Waals surface area contributed by atoms with Crippen LogP contribution in [0.1, 0.15) is 18.5 Å². The highest BCUT2D eigenvalue weighted by molar-refractivity contribution is 7.99. The zero-order valence-electron chi connectivity index (χ0n) is 11.0. The molecule has 0 aromatic heterocycles. The maximum atomic E-state index is 13.6. The number of rotatable bonds is 6. The van der Waals surface area contributed by atoms with Crippen LogP contribution in [0.15, 0.2) is 59.5 Å². The average molecular weight is 275 g/mol. The molecule has 2 aromatic rings. The molecule has 0 amide bonds. The van der Waals surface area contributed by atoms with E-state index < -0.39 is 0 Å². The second-order valence-electron chi connectivity index (χ2n) is 4.26. The molecule has 0 saturated heterocycles. The van der Waals surface area contributed by atoms with Gasteiger partial charge in [0.25, 0.3) is 0 Å². The minimum atomic E-state index is -0.143. The molecule has 1 nitrogen and oxygen atoms in total. The molecule has 2 aromatic carbocycles. The van der Waals surface area contributed by atoms with Crippen molar-refractivity contribution in [3.8, 4) is 0 Å². The van der Waals surface area contributed by atoms with Crippen molar-refractivity contribution in [2.45, 2.75) is 17.9 Å². The zero-order valence-corrected chi connectivity index (χ0v) is 11.8. The highest BCUT2D eigenvalue weighted by Crippen LogP contribution is 2.26. The Labute approximate surface area is 118 Å². The van der Waals surface area contributed by atoms with Crippen LogP contribution in [0.5, 0.6) is 0 Å². The van der Waals surface area contributed by atoms with Crippen LogP contribution in [0.2, 0.25) is 0 Å². The lowest BCUT2D eigenvalue weighted by Crippen LogP contribution is -2.22. The van der Waals surface area contributed by atoms with Gasteiger partial charge in [-0.3, -0.25) is 0 Å². The molecule has 0 bridgehead atoms. The molecule has 0 radical (unpaired) electrons. The van der Waals surface area contributed by atoms with Crippen LogP contribution in [0.4, 0.5) is 4.39 Å². The van der Waals surface area contributed by atoms with Gasteiger partial charge in [0.1, 0.15) is 5.82 Å². The van der Waals surface area contributed by atoms with Crippen LogP contribution < -0.4 is 5.32 Å². The monoisotopic (exact) mass is 275 g/mol. The van der Waals surface area contributed by atoms with Crippen LogP contribution in [0.3, 0.4) is 0 Å². The fourth-order valence-corrected chi connectivity index (χ4v) is 2.98. The summed E-state index contributed by atoms with van der Waals surface area (Å²) < 4.78 is 13.6. The van der Waals surface area contributed by atoms with Crippen molar-refractivity contribution in [3.05, 3.63) is 66.0 Å². The van der Waals surface area contributed by atoms with Gasteiger partial charge in [-0.25, -0.2) is 4.39 Å². The van der Waals surface area contributed by atoms with Crippen molar-refractivity contribution in [1.82, 2.24) is 5.32 Å². The highest BCUT2D eigenvalue weighted by Gasteiger charge is 2.11. The lowest BCUT2D eigenvalue weighted by Gasteiger charge is -2.18. The standard InChI is InChI=1S/C16H18FNS/c1-2-18-15(13-8-4-3-5-9-13)12-19-16-11-7-6-10-14(16)17/h3-11,15,18H,2,12H2,1H3. The summed E-state index contributed by atoms with van der Waals surface area (Å²) in [6, 6.07) is 17.5. The summed E-state index contributed by atoms with van der Waals surface area (Å²) in [7, 11) is 0. The van der Waals surface area contributed by atoms with E-state index in [-0.39, 0.29) is 11.9 Å². The molecule has 1 unspecified atom stereocenters. The summed E-state index contributed by atoms with van der Waals surface area (Å²) in [4.78, 5) is 0.710. The minimum absolute atomic E-state index is 0.143. The van der Waals surface area contributed by atoms with E-state index in [1.807, 2.05) is 30.3 Å². The first-order valence-corrected chi connectivity index (χ1v) is 7.45. The number of hydrogen-bond acceptors (Lipinski definition) is 2. The van der Waals surface area contributed by atoms with E-state index in [9.17, 15) is 4.39 Å². The van der Waals surface area contributed by atoms with E-state index in [1.165, 1.54) is 11.6 Å². The SMILES string of the molecule is CCNC(CSc1ccccc1F)c1ccccc1. The van der Waals surface area contributed by atoms with Gasteiger partial charge < -0.3 is 5.32 Å². The Balaban J connectivity index is 2.04. The molecular weight excluding hydrogens is 257 g/mol. The summed E-state index contributed by atoms with van der Waals surface area (Å²) >= 11 is 1.55. The summed E-state index contributed by atoms with van der Waals surface area (Å²) in [5.74, 6) is 0.675. The second-order valence-corrected chi connectivity index (χ2v) is 5.32. The summed E-state index contributed by atoms with van der Waals surface area (Å²) in [5, 5.41) is 3.45. The normalized spacial score (nSPS) is 12.3. The largest absolute Gasteiger partial charge is 0.309 e. The number of halogens is 1. The van der Waals surface area contributed by atoms with E-state index in [0.29, 0.717) is 4.90 Å². The van der Waals surface area contributed by atoms with Crippen LogP contribution in [-0.4, -0.2) is 12.3 Å². The maximum absolute atomic E-state index is 13.6. The van der Waals surface area contributed by atoms with Crippen LogP contribution in [-0.2, 0) is 0 Å². The molecule has 0 heterocycles. The summed E-state index contributed by atoms with van der Waals surface area (Å²) in [5.41, 5.74) is 1.24. The third-order valence-electron chi connectivity index (χ3n) is 2.89. The van der Waals surface area contributed by atoms with Crippen molar-refractivity contribution in [1.29, 1.82) is 0 Å². The predicted octanol–water partition coefficient (Wildman–Crippen LogP) is 4.27. The summed E-state index contributed by atoms with van der Waals surface area (Å²) in [6.07, 6.45) is 0. The van der Waals surface area contributed by atoms with Gasteiger partial charge in [-0.2, -0.15) is 0 Å². The smallest absolute Gasteiger partial charge is 0.136 e. The van der Waals surface area contributed by atoms with Gasteiger partial charge >= 0.3 is 0 Å². The lowest BCUT2D eigenvalue weighted by molar-refractivity contribution is 0.595. The van der Waals surface area contributed by atoms with Crippen molar-refractivity contribution < 1.29 is 4.39 Å². The average Bonchev–Trinajstić information content (AvgIpc) is 2.46. The number of benzene rings is 2. The minimum Gasteiger partial charge on any atom is -0.309 e. The van der Waals surface area contributed by atoms with Gasteiger partial charge in [0.2, 0.25) is 0 Å². The quantitative estimate of drug-likeness (QED) is 0.790. The molecule has 100 valence electrons. The molecule has 3 heteroatoms. The fraction of sp³-hybridized carbons (Fsp3) is 0.250. The molecule has 2 rings (SSSR count). The molecule has 19 heavy (non-hydrogen) atoms. The Morgan fingerprint density at radius 3 is 2.42 bits per heavy atom. The molecule has 0 aliphatic heterocycles. The van der Waals surface area contributed by atoms with Gasteiger partial charge in [-0.15, -0.1) is 11.8 Å². The molecule has 0 aliphatic carbocycles. The first-order chi connectivity index (χ1) is 9.31. The molecule has 0 saturated carbocycles. The Morgan fingerprint density at radius 1 is 1.05 bits per heavy atom. The van der Waals surface area contributed by atoms with Crippen molar-refractivity contribution in [2.24, 2.45) is 0 Å². The van der Waals surface area contributed by atoms with Crippen molar-refractivity contribution >= 4 is 11.8 Å². The van der Waals surface area contributed by atoms with E-state index in [4.69, 9.17) is 0 Å². The Kier molecular flexibility index (Phi) is 5.43. The first-order valence-electron chi connectivity index (χ1n) is 6.47. The van der Waals surface area contributed by atoms with E-state index in [2.05, 4.69) is 24.4 Å². The van der Waals surface area contributed by atoms with Gasteiger partial charge in [0.05, 0.1) is 0 Å². The zero-order chi connectivity index (χ0) is 13.5. The molecular formula is C16H18FNS. The number of hydrogen-bond donors (Lipinski definition) is 1. The maximum Gasteiger partial charge on any atom is 0.136 e. The third kappa shape index (κ3) is 4.08. The van der Waals surface area contributed by atoms with Crippen molar-refractivity contribution in [2.75, 3.05) is 12.3 Å². The Hall–Kier alpha value is -1.32. The van der Waals surface area contributed by atoms with Crippen LogP contribution in [0, 0.1) is 5.82 Å². The van der Waals surface area contributed by atoms with E-state index >= 15 is 0 Å². The van der Waals surface area contributed by atoms with Crippen LogP contribution >= 0.6 is 11.8 Å². The first kappa shape index (κ1) is 14.1. The Bertz CT molecular complexity index is 501. The van der Waals surface area contributed by atoms with Gasteiger partial charge in [-0.1, -0.05) is 49.4 Å². The topological polar surface area (TPSA) is 12.0 Å². The summed E-state index contributed by atoms with van der Waals surface area (Å²) in [6.45, 7) is 2.99. The van der Waals surface area contributed by atoms with Crippen molar-refractivity contribution in [3.63, 3.8) is 0 Å². The molecule has 0 aliphatic rings. The van der Waals surface area contributed by atoms with Gasteiger partial charge in [0, 0.05) is 16.7 Å². The van der Waals surface area contributed by atoms with Gasteiger partial charge in [0.15, 0.2) is 0 Å². The van der Waals surface area contributed by atoms with E-state index in [1.54, 1.807) is 17.8 Å². The molecule has 0 fully saturated rings. The third-order valence-corrected chi connectivity index (χ3v) is 4.04. The fourth-order valence-electron chi connectivity index (χ4n) is 1.94. The predicted molar refractivity (Wildman–Crippen MR) is 80.0 cm³/mol. The van der Waals surface area contributed by atoms with Crippen LogP contribution in [0.25, 0.3) is 0 Å². The number of nitrogens with one attached hydrogen (secondary N) is 1. The second kappa shape index (κ2) is 7.31. The number of thioether (sulfide) groups is 1. The lowest BCUT2D eigenvalue weighted by atomic mass is 10.1. The Morgan fingerprint density at radius 2 is 1.74 bits per heavy atom. The molecule has 1 atom stereocenters. The molecule has 0 spiro atoms.